The van der Waals surface area contributed by atoms with Gasteiger partial charge in [-0.1, -0.05) is 11.6 Å². The molecule has 0 aliphatic heterocycles. The van der Waals surface area contributed by atoms with Gasteiger partial charge >= 0.3 is 5.97 Å². The van der Waals surface area contributed by atoms with Crippen molar-refractivity contribution in [3.05, 3.63) is 22.8 Å². The van der Waals surface area contributed by atoms with E-state index in [4.69, 9.17) is 16.7 Å². The van der Waals surface area contributed by atoms with E-state index in [1.165, 1.54) is 12.3 Å². The van der Waals surface area contributed by atoms with Gasteiger partial charge in [-0.15, -0.1) is 0 Å². The van der Waals surface area contributed by atoms with Crippen LogP contribution in [-0.4, -0.2) is 54.7 Å². The number of carbonyl (C=O) groups is 1. The van der Waals surface area contributed by atoms with Crippen LogP contribution in [0.3, 0.4) is 0 Å². The number of aromatic nitrogens is 1. The normalized spacial score (nSPS) is 10.8. The van der Waals surface area contributed by atoms with Gasteiger partial charge < -0.3 is 14.9 Å². The fourth-order valence-electron chi connectivity index (χ4n) is 1.77. The molecule has 1 heterocycles. The summed E-state index contributed by atoms with van der Waals surface area (Å²) in [5.74, 6) is -0.371. The summed E-state index contributed by atoms with van der Waals surface area (Å²) in [4.78, 5) is 19.2. The van der Waals surface area contributed by atoms with Crippen molar-refractivity contribution in [3.8, 4) is 0 Å². The smallest absolute Gasteiger partial charge is 0.337 e. The van der Waals surface area contributed by atoms with Crippen LogP contribution in [0.25, 0.3) is 0 Å². The average Bonchev–Trinajstić information content (AvgIpc) is 2.34. The molecule has 1 aromatic rings. The highest BCUT2D eigenvalue weighted by Gasteiger charge is 2.13. The van der Waals surface area contributed by atoms with E-state index in [-0.39, 0.29) is 5.56 Å². The standard InChI is InChI=1S/C13H20ClN3O2/c1-4-17(7-5-6-16(2)3)12-11(14)8-10(9-15-12)13(18)19/h8-9H,4-7H2,1-3H3,(H,18,19). The van der Waals surface area contributed by atoms with Gasteiger partial charge in [0.1, 0.15) is 5.82 Å². The van der Waals surface area contributed by atoms with Crippen LogP contribution in [-0.2, 0) is 0 Å². The van der Waals surface area contributed by atoms with Gasteiger partial charge in [0.25, 0.3) is 0 Å². The van der Waals surface area contributed by atoms with Crippen molar-refractivity contribution >= 4 is 23.4 Å². The molecule has 1 aromatic heterocycles. The Kier molecular flexibility index (Phi) is 6.05. The Hall–Kier alpha value is -1.33. The number of aromatic carboxylic acids is 1. The molecule has 19 heavy (non-hydrogen) atoms. The Morgan fingerprint density at radius 2 is 2.11 bits per heavy atom. The third-order valence-corrected chi connectivity index (χ3v) is 3.06. The molecule has 0 unspecified atom stereocenters. The molecule has 6 heteroatoms. The monoisotopic (exact) mass is 285 g/mol. The number of nitrogens with zero attached hydrogens (tertiary/aromatic N) is 3. The van der Waals surface area contributed by atoms with Crippen LogP contribution in [0.2, 0.25) is 5.02 Å². The summed E-state index contributed by atoms with van der Waals surface area (Å²) in [5, 5.41) is 9.26. The van der Waals surface area contributed by atoms with E-state index in [1.54, 1.807) is 0 Å². The summed E-state index contributed by atoms with van der Waals surface area (Å²) < 4.78 is 0. The summed E-state index contributed by atoms with van der Waals surface area (Å²) in [5.41, 5.74) is 0.109. The van der Waals surface area contributed by atoms with Crippen LogP contribution in [0.4, 0.5) is 5.82 Å². The van der Waals surface area contributed by atoms with Gasteiger partial charge in [-0.25, -0.2) is 9.78 Å². The van der Waals surface area contributed by atoms with E-state index < -0.39 is 5.97 Å². The minimum absolute atomic E-state index is 0.109. The zero-order chi connectivity index (χ0) is 14.4. The molecule has 106 valence electrons. The SMILES string of the molecule is CCN(CCCN(C)C)c1ncc(C(=O)O)cc1Cl. The fraction of sp³-hybridized carbons (Fsp3) is 0.538. The fourth-order valence-corrected chi connectivity index (χ4v) is 2.06. The lowest BCUT2D eigenvalue weighted by Gasteiger charge is -2.23. The number of anilines is 1. The number of carboxylic acids is 1. The van der Waals surface area contributed by atoms with Gasteiger partial charge in [0.2, 0.25) is 0 Å². The predicted octanol–water partition coefficient (Wildman–Crippen LogP) is 2.21. The lowest BCUT2D eigenvalue weighted by atomic mass is 10.2. The highest BCUT2D eigenvalue weighted by molar-refractivity contribution is 6.33. The van der Waals surface area contributed by atoms with Gasteiger partial charge in [0.15, 0.2) is 0 Å². The predicted molar refractivity (Wildman–Crippen MR) is 77.3 cm³/mol. The number of halogens is 1. The highest BCUT2D eigenvalue weighted by atomic mass is 35.5. The van der Waals surface area contributed by atoms with Crippen molar-refractivity contribution in [3.63, 3.8) is 0 Å². The van der Waals surface area contributed by atoms with E-state index >= 15 is 0 Å². The molecule has 0 atom stereocenters. The Morgan fingerprint density at radius 1 is 1.42 bits per heavy atom. The number of carboxylic acid groups (broad SMARTS) is 1. The molecule has 0 aliphatic rings. The molecule has 5 nitrogen and oxygen atoms in total. The summed E-state index contributed by atoms with van der Waals surface area (Å²) in [6, 6.07) is 1.45. The van der Waals surface area contributed by atoms with Crippen molar-refractivity contribution in [1.29, 1.82) is 0 Å². The van der Waals surface area contributed by atoms with Crippen LogP contribution >= 0.6 is 11.6 Å². The zero-order valence-corrected chi connectivity index (χ0v) is 12.3. The van der Waals surface area contributed by atoms with E-state index in [0.717, 1.165) is 26.1 Å². The van der Waals surface area contributed by atoms with Gasteiger partial charge in [-0.05, 0) is 40.1 Å². The van der Waals surface area contributed by atoms with Gasteiger partial charge in [-0.2, -0.15) is 0 Å². The molecule has 0 aliphatic carbocycles. The summed E-state index contributed by atoms with van der Waals surface area (Å²) in [7, 11) is 4.06. The second-order valence-electron chi connectivity index (χ2n) is 4.57. The van der Waals surface area contributed by atoms with Crippen LogP contribution < -0.4 is 4.90 Å². The number of hydrogen-bond acceptors (Lipinski definition) is 4. The number of rotatable bonds is 7. The summed E-state index contributed by atoms with van der Waals surface area (Å²) in [6.45, 7) is 4.64. The first-order valence-corrected chi connectivity index (χ1v) is 6.62. The van der Waals surface area contributed by atoms with E-state index in [1.807, 2.05) is 21.0 Å². The first kappa shape index (κ1) is 15.7. The first-order valence-electron chi connectivity index (χ1n) is 6.24. The molecule has 0 amide bonds. The molecule has 0 aromatic carbocycles. The summed E-state index contributed by atoms with van der Waals surface area (Å²) >= 11 is 6.11. The minimum Gasteiger partial charge on any atom is -0.478 e. The maximum Gasteiger partial charge on any atom is 0.337 e. The van der Waals surface area contributed by atoms with Gasteiger partial charge in [-0.3, -0.25) is 0 Å². The van der Waals surface area contributed by atoms with Crippen molar-refractivity contribution in [1.82, 2.24) is 9.88 Å². The molecular weight excluding hydrogens is 266 g/mol. The lowest BCUT2D eigenvalue weighted by Crippen LogP contribution is -2.28. The van der Waals surface area contributed by atoms with Crippen molar-refractivity contribution in [2.24, 2.45) is 0 Å². The van der Waals surface area contributed by atoms with Crippen molar-refractivity contribution < 1.29 is 9.90 Å². The van der Waals surface area contributed by atoms with Crippen molar-refractivity contribution in [2.75, 3.05) is 38.6 Å². The number of hydrogen-bond donors (Lipinski definition) is 1. The topological polar surface area (TPSA) is 56.7 Å². The van der Waals surface area contributed by atoms with Crippen molar-refractivity contribution in [2.45, 2.75) is 13.3 Å². The van der Waals surface area contributed by atoms with Gasteiger partial charge in [0, 0.05) is 19.3 Å². The zero-order valence-electron chi connectivity index (χ0n) is 11.6. The Balaban J connectivity index is 2.78. The molecule has 0 spiro atoms. The molecule has 0 saturated carbocycles. The first-order chi connectivity index (χ1) is 8.95. The largest absolute Gasteiger partial charge is 0.478 e. The molecule has 0 bridgehead atoms. The van der Waals surface area contributed by atoms with Gasteiger partial charge in [0.05, 0.1) is 10.6 Å². The highest BCUT2D eigenvalue weighted by Crippen LogP contribution is 2.24. The minimum atomic E-state index is -1.02. The molecule has 0 fully saturated rings. The molecule has 1 rings (SSSR count). The van der Waals surface area contributed by atoms with Crippen LogP contribution in [0, 0.1) is 0 Å². The van der Waals surface area contributed by atoms with Crippen LogP contribution in [0.15, 0.2) is 12.3 Å². The Labute approximate surface area is 118 Å². The molecule has 0 saturated heterocycles. The van der Waals surface area contributed by atoms with E-state index in [9.17, 15) is 4.79 Å². The second-order valence-corrected chi connectivity index (χ2v) is 4.98. The second kappa shape index (κ2) is 7.31. The average molecular weight is 286 g/mol. The third kappa shape index (κ3) is 4.69. The lowest BCUT2D eigenvalue weighted by molar-refractivity contribution is 0.0696. The summed E-state index contributed by atoms with van der Waals surface area (Å²) in [6.07, 6.45) is 2.34. The molecule has 0 radical (unpaired) electrons. The van der Waals surface area contributed by atoms with Crippen LogP contribution in [0.1, 0.15) is 23.7 Å². The quantitative estimate of drug-likeness (QED) is 0.832. The number of pyridine rings is 1. The van der Waals surface area contributed by atoms with Crippen LogP contribution in [0.5, 0.6) is 0 Å². The Morgan fingerprint density at radius 3 is 2.58 bits per heavy atom. The molecule has 1 N–H and O–H groups in total. The molecular formula is C13H20ClN3O2. The Bertz CT molecular complexity index is 438. The maximum atomic E-state index is 10.8. The maximum absolute atomic E-state index is 10.8. The van der Waals surface area contributed by atoms with E-state index in [2.05, 4.69) is 14.8 Å². The third-order valence-electron chi connectivity index (χ3n) is 2.78. The van der Waals surface area contributed by atoms with E-state index in [0.29, 0.717) is 10.8 Å².